The van der Waals surface area contributed by atoms with Crippen LogP contribution in [0.3, 0.4) is 0 Å². The van der Waals surface area contributed by atoms with Crippen molar-refractivity contribution >= 4 is 5.91 Å². The molecule has 4 rings (SSSR count). The van der Waals surface area contributed by atoms with Gasteiger partial charge >= 0.3 is 0 Å². The number of hydrogen-bond acceptors (Lipinski definition) is 3. The van der Waals surface area contributed by atoms with Crippen LogP contribution in [-0.4, -0.2) is 48.4 Å². The van der Waals surface area contributed by atoms with E-state index in [0.29, 0.717) is 11.8 Å². The minimum atomic E-state index is 0.168. The molecule has 4 nitrogen and oxygen atoms in total. The van der Waals surface area contributed by atoms with Gasteiger partial charge in [-0.25, -0.2) is 0 Å². The quantitative estimate of drug-likeness (QED) is 0.848. The predicted molar refractivity (Wildman–Crippen MR) is 93.8 cm³/mol. The van der Waals surface area contributed by atoms with E-state index in [-0.39, 0.29) is 5.92 Å². The fourth-order valence-corrected chi connectivity index (χ4v) is 4.63. The Morgan fingerprint density at radius 1 is 1.08 bits per heavy atom. The highest BCUT2D eigenvalue weighted by atomic mass is 16.3. The molecule has 1 aromatic rings. The number of carbonyl (C=O) groups excluding carboxylic acids is 1. The molecule has 24 heavy (non-hydrogen) atoms. The van der Waals surface area contributed by atoms with Gasteiger partial charge in [0.25, 0.3) is 0 Å². The van der Waals surface area contributed by atoms with E-state index in [0.717, 1.165) is 50.7 Å². The van der Waals surface area contributed by atoms with Crippen LogP contribution in [0.1, 0.15) is 56.6 Å². The summed E-state index contributed by atoms with van der Waals surface area (Å²) in [6.07, 6.45) is 10.9. The first-order valence-electron chi connectivity index (χ1n) is 9.86. The van der Waals surface area contributed by atoms with Gasteiger partial charge in [0.1, 0.15) is 5.76 Å². The molecular weight excluding hydrogens is 300 g/mol. The van der Waals surface area contributed by atoms with Crippen molar-refractivity contribution in [1.82, 2.24) is 9.80 Å². The second-order valence-electron chi connectivity index (χ2n) is 7.95. The van der Waals surface area contributed by atoms with Crippen LogP contribution in [0.4, 0.5) is 0 Å². The van der Waals surface area contributed by atoms with E-state index in [1.807, 2.05) is 12.1 Å². The van der Waals surface area contributed by atoms with Crippen molar-refractivity contribution in [3.63, 3.8) is 0 Å². The molecule has 0 radical (unpaired) electrons. The zero-order valence-electron chi connectivity index (χ0n) is 14.7. The number of carbonyl (C=O) groups is 1. The second kappa shape index (κ2) is 7.30. The number of furan rings is 1. The molecule has 0 bridgehead atoms. The molecule has 0 aromatic carbocycles. The molecule has 2 aliphatic carbocycles. The van der Waals surface area contributed by atoms with Crippen molar-refractivity contribution in [2.24, 2.45) is 11.8 Å². The third kappa shape index (κ3) is 3.69. The van der Waals surface area contributed by atoms with Crippen LogP contribution in [-0.2, 0) is 4.79 Å². The Bertz CT molecular complexity index is 536. The molecule has 3 fully saturated rings. The van der Waals surface area contributed by atoms with Gasteiger partial charge in [-0.1, -0.05) is 19.3 Å². The summed E-state index contributed by atoms with van der Waals surface area (Å²) >= 11 is 0. The van der Waals surface area contributed by atoms with E-state index in [1.165, 1.54) is 38.6 Å². The maximum atomic E-state index is 12.8. The van der Waals surface area contributed by atoms with Crippen molar-refractivity contribution in [2.45, 2.75) is 50.9 Å². The van der Waals surface area contributed by atoms with Crippen LogP contribution >= 0.6 is 0 Å². The Labute approximate surface area is 145 Å². The maximum Gasteiger partial charge on any atom is 0.226 e. The van der Waals surface area contributed by atoms with E-state index in [4.69, 9.17) is 4.42 Å². The van der Waals surface area contributed by atoms with E-state index in [1.54, 1.807) is 6.26 Å². The molecule has 1 aliphatic heterocycles. The molecule has 4 heteroatoms. The van der Waals surface area contributed by atoms with E-state index >= 15 is 0 Å². The third-order valence-electron chi connectivity index (χ3n) is 6.16. The SMILES string of the molecule is O=C(C1CC1c1ccco1)N1CCCN(CC2CCCCC2)CC1. The minimum Gasteiger partial charge on any atom is -0.469 e. The van der Waals surface area contributed by atoms with Crippen molar-refractivity contribution < 1.29 is 9.21 Å². The molecular formula is C20H30N2O2. The Kier molecular flexibility index (Phi) is 4.93. The van der Waals surface area contributed by atoms with E-state index in [9.17, 15) is 4.79 Å². The standard InChI is InChI=1S/C20H30N2O2/c23-20(18-14-17(18)19-8-4-13-24-19)22-10-5-9-21(11-12-22)15-16-6-2-1-3-7-16/h4,8,13,16-18H,1-3,5-7,9-12,14-15H2. The number of amides is 1. The molecule has 1 amide bonds. The third-order valence-corrected chi connectivity index (χ3v) is 6.16. The van der Waals surface area contributed by atoms with Gasteiger partial charge < -0.3 is 14.2 Å². The minimum absolute atomic E-state index is 0.168. The average Bonchev–Trinajstić information content (AvgIpc) is 3.29. The zero-order chi connectivity index (χ0) is 16.4. The first-order chi connectivity index (χ1) is 11.8. The van der Waals surface area contributed by atoms with Crippen LogP contribution in [0.25, 0.3) is 0 Å². The lowest BCUT2D eigenvalue weighted by molar-refractivity contribution is -0.132. The van der Waals surface area contributed by atoms with Gasteiger partial charge in [-0.15, -0.1) is 0 Å². The molecule has 2 atom stereocenters. The normalized spacial score (nSPS) is 29.4. The monoisotopic (exact) mass is 330 g/mol. The van der Waals surface area contributed by atoms with Crippen molar-refractivity contribution in [3.05, 3.63) is 24.2 Å². The summed E-state index contributed by atoms with van der Waals surface area (Å²) in [5.41, 5.74) is 0. The molecule has 2 unspecified atom stereocenters. The second-order valence-corrected chi connectivity index (χ2v) is 7.95. The number of hydrogen-bond donors (Lipinski definition) is 0. The van der Waals surface area contributed by atoms with E-state index in [2.05, 4.69) is 9.80 Å². The Balaban J connectivity index is 1.26. The van der Waals surface area contributed by atoms with Gasteiger partial charge in [0.2, 0.25) is 5.91 Å². The molecule has 3 aliphatic rings. The molecule has 0 spiro atoms. The van der Waals surface area contributed by atoms with Crippen molar-refractivity contribution in [2.75, 3.05) is 32.7 Å². The van der Waals surface area contributed by atoms with Crippen LogP contribution in [0.15, 0.2) is 22.8 Å². The van der Waals surface area contributed by atoms with Gasteiger partial charge in [0.05, 0.1) is 6.26 Å². The molecule has 132 valence electrons. The van der Waals surface area contributed by atoms with Gasteiger partial charge in [-0.05, 0) is 50.3 Å². The topological polar surface area (TPSA) is 36.7 Å². The zero-order valence-corrected chi connectivity index (χ0v) is 14.7. The number of rotatable bonds is 4. The van der Waals surface area contributed by atoms with Gasteiger partial charge in [-0.2, -0.15) is 0 Å². The average molecular weight is 330 g/mol. The fourth-order valence-electron chi connectivity index (χ4n) is 4.63. The molecule has 2 saturated carbocycles. The first-order valence-corrected chi connectivity index (χ1v) is 9.86. The lowest BCUT2D eigenvalue weighted by Crippen LogP contribution is -2.37. The summed E-state index contributed by atoms with van der Waals surface area (Å²) in [4.78, 5) is 17.5. The summed E-state index contributed by atoms with van der Waals surface area (Å²) in [5.74, 6) is 2.74. The predicted octanol–water partition coefficient (Wildman–Crippen LogP) is 3.50. The van der Waals surface area contributed by atoms with Crippen molar-refractivity contribution in [3.8, 4) is 0 Å². The first kappa shape index (κ1) is 16.2. The summed E-state index contributed by atoms with van der Waals surface area (Å²) in [5, 5.41) is 0. The van der Waals surface area contributed by atoms with Crippen LogP contribution < -0.4 is 0 Å². The summed E-state index contributed by atoms with van der Waals surface area (Å²) in [6.45, 7) is 5.31. The molecule has 2 heterocycles. The Morgan fingerprint density at radius 3 is 2.75 bits per heavy atom. The van der Waals surface area contributed by atoms with Crippen molar-refractivity contribution in [1.29, 1.82) is 0 Å². The van der Waals surface area contributed by atoms with Crippen LogP contribution in [0.5, 0.6) is 0 Å². The summed E-state index contributed by atoms with van der Waals surface area (Å²) < 4.78 is 5.47. The van der Waals surface area contributed by atoms with E-state index < -0.39 is 0 Å². The highest BCUT2D eigenvalue weighted by Gasteiger charge is 2.47. The lowest BCUT2D eigenvalue weighted by Gasteiger charge is -2.28. The highest BCUT2D eigenvalue weighted by molar-refractivity contribution is 5.82. The lowest BCUT2D eigenvalue weighted by atomic mass is 9.89. The van der Waals surface area contributed by atoms with Crippen LogP contribution in [0.2, 0.25) is 0 Å². The summed E-state index contributed by atoms with van der Waals surface area (Å²) in [6, 6.07) is 3.93. The van der Waals surface area contributed by atoms with Gasteiger partial charge in [0.15, 0.2) is 0 Å². The highest BCUT2D eigenvalue weighted by Crippen LogP contribution is 2.48. The Hall–Kier alpha value is -1.29. The van der Waals surface area contributed by atoms with Gasteiger partial charge in [0, 0.05) is 38.0 Å². The number of nitrogens with zero attached hydrogens (tertiary/aromatic N) is 2. The molecule has 1 aromatic heterocycles. The Morgan fingerprint density at radius 2 is 1.96 bits per heavy atom. The smallest absolute Gasteiger partial charge is 0.226 e. The molecule has 0 N–H and O–H groups in total. The van der Waals surface area contributed by atoms with Gasteiger partial charge in [-0.3, -0.25) is 4.79 Å². The largest absolute Gasteiger partial charge is 0.469 e. The molecule has 1 saturated heterocycles. The fraction of sp³-hybridized carbons (Fsp3) is 0.750. The summed E-state index contributed by atoms with van der Waals surface area (Å²) in [7, 11) is 0. The maximum absolute atomic E-state index is 12.8. The van der Waals surface area contributed by atoms with Crippen LogP contribution in [0, 0.1) is 11.8 Å².